The number of amides is 1. The molecule has 0 spiro atoms. The van der Waals surface area contributed by atoms with Gasteiger partial charge in [0.1, 0.15) is 5.75 Å². The van der Waals surface area contributed by atoms with E-state index in [4.69, 9.17) is 27.9 Å². The zero-order valence-corrected chi connectivity index (χ0v) is 30.6. The van der Waals surface area contributed by atoms with Gasteiger partial charge in [-0.1, -0.05) is 42.3 Å². The maximum absolute atomic E-state index is 13.8. The quantitative estimate of drug-likeness (QED) is 0.175. The van der Waals surface area contributed by atoms with Crippen LogP contribution in [0, 0.1) is 0 Å². The molecule has 2 aliphatic rings. The number of benzene rings is 3. The first kappa shape index (κ1) is 37.6. The van der Waals surface area contributed by atoms with E-state index in [0.717, 1.165) is 37.3 Å². The minimum absolute atomic E-state index is 0.0540. The number of likely N-dealkylation sites (tertiary alicyclic amines) is 1. The van der Waals surface area contributed by atoms with Crippen molar-refractivity contribution in [3.8, 4) is 11.6 Å². The molecule has 10 nitrogen and oxygen atoms in total. The number of carbonyl (C=O) groups excluding carboxylic acids is 1. The minimum Gasteiger partial charge on any atom is -0.438 e. The van der Waals surface area contributed by atoms with Crippen LogP contribution < -0.4 is 14.4 Å². The molecule has 0 unspecified atom stereocenters. The normalized spacial score (nSPS) is 16.2. The maximum Gasteiger partial charge on any atom is 0.435 e. The Hall–Kier alpha value is -4.11. The van der Waals surface area contributed by atoms with Gasteiger partial charge in [-0.3, -0.25) is 9.52 Å². The van der Waals surface area contributed by atoms with Gasteiger partial charge in [0.25, 0.3) is 5.91 Å². The summed E-state index contributed by atoms with van der Waals surface area (Å²) < 4.78 is 73.6. The predicted molar refractivity (Wildman–Crippen MR) is 195 cm³/mol. The molecule has 3 heterocycles. The number of likely N-dealkylation sites (N-methyl/N-ethyl adjacent to an activating group) is 1. The van der Waals surface area contributed by atoms with Crippen molar-refractivity contribution in [2.24, 2.45) is 0 Å². The molecule has 2 saturated heterocycles. The molecular weight excluding hydrogens is 740 g/mol. The van der Waals surface area contributed by atoms with E-state index in [1.54, 1.807) is 41.3 Å². The van der Waals surface area contributed by atoms with Crippen LogP contribution in [0.25, 0.3) is 0 Å². The lowest BCUT2D eigenvalue weighted by Crippen LogP contribution is -2.46. The average molecular weight is 778 g/mol. The average Bonchev–Trinajstić information content (AvgIpc) is 3.11. The summed E-state index contributed by atoms with van der Waals surface area (Å²) in [6.45, 7) is 7.14. The summed E-state index contributed by atoms with van der Waals surface area (Å²) in [5.41, 5.74) is 1.81. The second kappa shape index (κ2) is 15.9. The molecule has 0 bridgehead atoms. The van der Waals surface area contributed by atoms with Gasteiger partial charge in [0, 0.05) is 60.9 Å². The number of nitrogens with zero attached hydrogens (tertiary/aromatic N) is 5. The van der Waals surface area contributed by atoms with Crippen LogP contribution in [-0.4, -0.2) is 80.1 Å². The molecule has 1 N–H and O–H groups in total. The Morgan fingerprint density at radius 3 is 2.15 bits per heavy atom. The second-order valence-corrected chi connectivity index (χ2v) is 15.4. The number of sulfonamides is 1. The van der Waals surface area contributed by atoms with E-state index in [2.05, 4.69) is 31.6 Å². The minimum atomic E-state index is -4.58. The standard InChI is InChI=1S/C36H37Cl2F3N6O4S/c1-2-45-15-17-46(18-16-45)32-8-5-27(21-31(32)44-52(49,50)23-24-19-28(37)22-29(38)20-24)35(48)47-13-11-26(12-14-47)25-3-6-30(7-4-25)51-34-10-9-33(42-43-34)36(39,40)41/h3-10,19-22,26,44H,2,11-18,23H2,1H3. The van der Waals surface area contributed by atoms with E-state index in [0.29, 0.717) is 77.3 Å². The van der Waals surface area contributed by atoms with Gasteiger partial charge >= 0.3 is 6.18 Å². The number of alkyl halides is 3. The number of piperazine rings is 1. The Labute approximate surface area is 310 Å². The molecule has 16 heteroatoms. The molecule has 2 fully saturated rings. The maximum atomic E-state index is 13.8. The van der Waals surface area contributed by atoms with Crippen LogP contribution in [0.1, 0.15) is 52.9 Å². The molecule has 3 aromatic carbocycles. The third-order valence-electron chi connectivity index (χ3n) is 9.23. The topological polar surface area (TPSA) is 108 Å². The smallest absolute Gasteiger partial charge is 0.435 e. The number of hydrogen-bond acceptors (Lipinski definition) is 8. The third-order valence-corrected chi connectivity index (χ3v) is 10.9. The van der Waals surface area contributed by atoms with E-state index in [9.17, 15) is 26.4 Å². The Bertz CT molecular complexity index is 1970. The number of hydrogen-bond donors (Lipinski definition) is 1. The molecule has 2 aliphatic heterocycles. The van der Waals surface area contributed by atoms with Crippen molar-refractivity contribution < 1.29 is 31.1 Å². The lowest BCUT2D eigenvalue weighted by Gasteiger charge is -2.36. The van der Waals surface area contributed by atoms with E-state index in [1.807, 2.05) is 18.2 Å². The molecule has 1 aromatic heterocycles. The first-order valence-corrected chi connectivity index (χ1v) is 19.2. The SMILES string of the molecule is CCN1CCN(c2ccc(C(=O)N3CCC(c4ccc(Oc5ccc(C(F)(F)F)nn5)cc4)CC3)cc2NS(=O)(=O)Cc2cc(Cl)cc(Cl)c2)CC1. The number of anilines is 2. The summed E-state index contributed by atoms with van der Waals surface area (Å²) in [6, 6.07) is 19.0. The zero-order valence-electron chi connectivity index (χ0n) is 28.2. The molecule has 0 radical (unpaired) electrons. The van der Waals surface area contributed by atoms with Gasteiger partial charge in [0.2, 0.25) is 15.9 Å². The Kier molecular flexibility index (Phi) is 11.5. The number of rotatable bonds is 10. The molecular formula is C36H37Cl2F3N6O4S. The van der Waals surface area contributed by atoms with Crippen molar-refractivity contribution in [1.29, 1.82) is 0 Å². The van der Waals surface area contributed by atoms with Gasteiger partial charge in [-0.2, -0.15) is 13.2 Å². The largest absolute Gasteiger partial charge is 0.438 e. The lowest BCUT2D eigenvalue weighted by atomic mass is 9.89. The molecule has 0 saturated carbocycles. The Morgan fingerprint density at radius 2 is 1.56 bits per heavy atom. The van der Waals surface area contributed by atoms with Crippen LogP contribution in [0.15, 0.2) is 72.8 Å². The third kappa shape index (κ3) is 9.46. The number of ether oxygens (including phenoxy) is 1. The summed E-state index contributed by atoms with van der Waals surface area (Å²) in [5.74, 6) is -0.0107. The summed E-state index contributed by atoms with van der Waals surface area (Å²) in [7, 11) is -3.92. The molecule has 1 amide bonds. The second-order valence-electron chi connectivity index (χ2n) is 12.8. The van der Waals surface area contributed by atoms with Crippen molar-refractivity contribution in [2.45, 2.75) is 37.6 Å². The highest BCUT2D eigenvalue weighted by Crippen LogP contribution is 2.34. The number of halogens is 5. The van der Waals surface area contributed by atoms with Crippen molar-refractivity contribution in [3.63, 3.8) is 0 Å². The summed E-state index contributed by atoms with van der Waals surface area (Å²) in [5, 5.41) is 7.35. The first-order chi connectivity index (χ1) is 24.8. The van der Waals surface area contributed by atoms with Crippen molar-refractivity contribution in [3.05, 3.63) is 105 Å². The number of nitrogens with one attached hydrogen (secondary N) is 1. The molecule has 6 rings (SSSR count). The van der Waals surface area contributed by atoms with Crippen molar-refractivity contribution in [1.82, 2.24) is 20.0 Å². The van der Waals surface area contributed by atoms with Gasteiger partial charge < -0.3 is 19.4 Å². The van der Waals surface area contributed by atoms with Crippen LogP contribution in [-0.2, 0) is 22.0 Å². The first-order valence-electron chi connectivity index (χ1n) is 16.8. The number of piperidine rings is 1. The van der Waals surface area contributed by atoms with E-state index >= 15 is 0 Å². The Balaban J connectivity index is 1.12. The molecule has 276 valence electrons. The van der Waals surface area contributed by atoms with Gasteiger partial charge in [0.05, 0.1) is 17.1 Å². The fourth-order valence-electron chi connectivity index (χ4n) is 6.50. The van der Waals surface area contributed by atoms with Gasteiger partial charge in [0.15, 0.2) is 5.69 Å². The van der Waals surface area contributed by atoms with Crippen LogP contribution in [0.5, 0.6) is 11.6 Å². The summed E-state index contributed by atoms with van der Waals surface area (Å²) in [6.07, 6.45) is -3.17. The monoisotopic (exact) mass is 776 g/mol. The molecule has 0 atom stereocenters. The molecule has 52 heavy (non-hydrogen) atoms. The van der Waals surface area contributed by atoms with Crippen molar-refractivity contribution in [2.75, 3.05) is 55.4 Å². The highest BCUT2D eigenvalue weighted by molar-refractivity contribution is 7.91. The fourth-order valence-corrected chi connectivity index (χ4v) is 8.25. The van der Waals surface area contributed by atoms with E-state index in [1.165, 1.54) is 6.07 Å². The fraction of sp³-hybridized carbons (Fsp3) is 0.361. The number of carbonyl (C=O) groups is 1. The molecule has 0 aliphatic carbocycles. The lowest BCUT2D eigenvalue weighted by molar-refractivity contribution is -0.141. The van der Waals surface area contributed by atoms with Gasteiger partial charge in [-0.25, -0.2) is 8.42 Å². The summed E-state index contributed by atoms with van der Waals surface area (Å²) in [4.78, 5) is 20.0. The number of aromatic nitrogens is 2. The highest BCUT2D eigenvalue weighted by atomic mass is 35.5. The highest BCUT2D eigenvalue weighted by Gasteiger charge is 2.33. The van der Waals surface area contributed by atoms with Gasteiger partial charge in [-0.15, -0.1) is 10.2 Å². The predicted octanol–water partition coefficient (Wildman–Crippen LogP) is 7.70. The molecule has 4 aromatic rings. The van der Waals surface area contributed by atoms with Crippen molar-refractivity contribution >= 4 is 50.5 Å². The van der Waals surface area contributed by atoms with E-state index < -0.39 is 21.9 Å². The Morgan fingerprint density at radius 1 is 0.885 bits per heavy atom. The zero-order chi connectivity index (χ0) is 37.0. The van der Waals surface area contributed by atoms with Crippen LogP contribution >= 0.6 is 23.2 Å². The van der Waals surface area contributed by atoms with Crippen LogP contribution in [0.2, 0.25) is 10.0 Å². The van der Waals surface area contributed by atoms with Crippen LogP contribution in [0.3, 0.4) is 0 Å². The van der Waals surface area contributed by atoms with Crippen LogP contribution in [0.4, 0.5) is 24.5 Å². The van der Waals surface area contributed by atoms with Gasteiger partial charge in [-0.05, 0) is 91.0 Å². The summed E-state index contributed by atoms with van der Waals surface area (Å²) >= 11 is 12.2. The van der Waals surface area contributed by atoms with E-state index in [-0.39, 0.29) is 23.5 Å².